The highest BCUT2D eigenvalue weighted by atomic mass is 32.2. The zero-order valence-electron chi connectivity index (χ0n) is 6.49. The molecule has 0 aromatic heterocycles. The van der Waals surface area contributed by atoms with E-state index < -0.39 is 15.2 Å². The van der Waals surface area contributed by atoms with E-state index in [1.165, 1.54) is 0 Å². The molecule has 1 saturated heterocycles. The maximum Gasteiger partial charge on any atom is 0.165 e. The van der Waals surface area contributed by atoms with Gasteiger partial charge in [0.1, 0.15) is 5.37 Å². The highest BCUT2D eigenvalue weighted by molar-refractivity contribution is 7.91. The molecule has 4 nitrogen and oxygen atoms in total. The van der Waals surface area contributed by atoms with Crippen LogP contribution in [0.25, 0.3) is 0 Å². The molecule has 0 aromatic carbocycles. The van der Waals surface area contributed by atoms with Crippen molar-refractivity contribution in [2.75, 3.05) is 12.8 Å². The second kappa shape index (κ2) is 3.08. The van der Waals surface area contributed by atoms with E-state index in [0.29, 0.717) is 18.0 Å². The molecule has 1 atom stereocenters. The molecule has 1 radical (unpaired) electrons. The van der Waals surface area contributed by atoms with Crippen molar-refractivity contribution >= 4 is 9.84 Å². The highest BCUT2D eigenvalue weighted by Gasteiger charge is 2.30. The first-order valence-corrected chi connectivity index (χ1v) is 5.60. The minimum Gasteiger partial charge on any atom is -0.227 e. The molecule has 1 heterocycles. The summed E-state index contributed by atoms with van der Waals surface area (Å²) >= 11 is 0. The van der Waals surface area contributed by atoms with Gasteiger partial charge in [0.25, 0.3) is 0 Å². The molecular weight excluding hydrogens is 166 g/mol. The van der Waals surface area contributed by atoms with Crippen LogP contribution in [-0.2, 0) is 15.0 Å². The van der Waals surface area contributed by atoms with Gasteiger partial charge in [-0.1, -0.05) is 0 Å². The van der Waals surface area contributed by atoms with Crippen LogP contribution in [0.3, 0.4) is 0 Å². The number of hydroxylamine groups is 2. The van der Waals surface area contributed by atoms with Crippen LogP contribution in [-0.4, -0.2) is 31.7 Å². The third kappa shape index (κ3) is 2.15. The van der Waals surface area contributed by atoms with E-state index in [0.717, 1.165) is 19.1 Å². The minimum absolute atomic E-state index is 0.359. The Hall–Kier alpha value is -0.130. The van der Waals surface area contributed by atoms with E-state index in [-0.39, 0.29) is 0 Å². The molecule has 0 aliphatic carbocycles. The van der Waals surface area contributed by atoms with E-state index in [1.807, 2.05) is 0 Å². The number of sulfone groups is 1. The van der Waals surface area contributed by atoms with Crippen LogP contribution in [0.4, 0.5) is 0 Å². The molecule has 1 unspecified atom stereocenters. The Kier molecular flexibility index (Phi) is 2.51. The first kappa shape index (κ1) is 8.96. The van der Waals surface area contributed by atoms with Crippen LogP contribution in [0, 0.1) is 0 Å². The molecule has 0 aromatic rings. The summed E-state index contributed by atoms with van der Waals surface area (Å²) in [4.78, 5) is 0. The topological polar surface area (TPSA) is 57.3 Å². The number of hydrogen-bond donors (Lipinski definition) is 0. The Labute approximate surface area is 66.7 Å². The van der Waals surface area contributed by atoms with Gasteiger partial charge in [0.2, 0.25) is 0 Å². The second-order valence-corrected chi connectivity index (χ2v) is 5.12. The quantitative estimate of drug-likeness (QED) is 0.576. The van der Waals surface area contributed by atoms with Crippen LogP contribution in [0.5, 0.6) is 0 Å². The lowest BCUT2D eigenvalue weighted by Crippen LogP contribution is -2.40. The first-order chi connectivity index (χ1) is 5.02. The fourth-order valence-corrected chi connectivity index (χ4v) is 2.43. The lowest BCUT2D eigenvalue weighted by molar-refractivity contribution is -0.178. The van der Waals surface area contributed by atoms with Gasteiger partial charge in [0, 0.05) is 12.8 Å². The van der Waals surface area contributed by atoms with Gasteiger partial charge in [-0.15, -0.1) is 10.3 Å². The van der Waals surface area contributed by atoms with Crippen LogP contribution in [0.1, 0.15) is 19.3 Å². The van der Waals surface area contributed by atoms with Gasteiger partial charge >= 0.3 is 0 Å². The van der Waals surface area contributed by atoms with Gasteiger partial charge in [-0.05, 0) is 19.3 Å². The van der Waals surface area contributed by atoms with Crippen molar-refractivity contribution in [2.24, 2.45) is 0 Å². The van der Waals surface area contributed by atoms with Crippen LogP contribution < -0.4 is 0 Å². The Balaban J connectivity index is 2.70. The van der Waals surface area contributed by atoms with Gasteiger partial charge in [-0.3, -0.25) is 0 Å². The lowest BCUT2D eigenvalue weighted by atomic mass is 10.2. The number of piperidine rings is 1. The summed E-state index contributed by atoms with van der Waals surface area (Å²) in [6, 6.07) is 0. The lowest BCUT2D eigenvalue weighted by Gasteiger charge is -2.26. The minimum atomic E-state index is -3.16. The summed E-state index contributed by atoms with van der Waals surface area (Å²) in [5, 5.41) is 10.9. The van der Waals surface area contributed by atoms with Crippen LogP contribution in [0.2, 0.25) is 0 Å². The van der Waals surface area contributed by atoms with Gasteiger partial charge in [0.05, 0.1) is 0 Å². The zero-order chi connectivity index (χ0) is 8.48. The van der Waals surface area contributed by atoms with Crippen molar-refractivity contribution in [3.8, 4) is 0 Å². The zero-order valence-corrected chi connectivity index (χ0v) is 7.30. The summed E-state index contributed by atoms with van der Waals surface area (Å²) in [6.45, 7) is 0.359. The van der Waals surface area contributed by atoms with E-state index in [1.54, 1.807) is 0 Å². The fourth-order valence-electron chi connectivity index (χ4n) is 1.30. The fraction of sp³-hybridized carbons (Fsp3) is 1.00. The molecule has 0 saturated carbocycles. The molecule has 1 rings (SSSR count). The first-order valence-electron chi connectivity index (χ1n) is 3.64. The SMILES string of the molecule is CS(=O)(=O)C1CCCCN1[O]. The van der Waals surface area contributed by atoms with Crippen molar-refractivity contribution < 1.29 is 13.6 Å². The normalized spacial score (nSPS) is 28.7. The summed E-state index contributed by atoms with van der Waals surface area (Å²) < 4.78 is 21.9. The highest BCUT2D eigenvalue weighted by Crippen LogP contribution is 2.18. The number of rotatable bonds is 1. The van der Waals surface area contributed by atoms with Gasteiger partial charge in [-0.25, -0.2) is 8.42 Å². The van der Waals surface area contributed by atoms with Crippen molar-refractivity contribution in [3.63, 3.8) is 0 Å². The standard InChI is InChI=1S/C6H12NO3S/c1-11(9,10)6-4-2-3-5-7(6)8/h6H,2-5H2,1H3. The molecule has 65 valence electrons. The second-order valence-electron chi connectivity index (χ2n) is 2.92. The Bertz CT molecular complexity index is 224. The number of hydrogen-bond acceptors (Lipinski definition) is 3. The van der Waals surface area contributed by atoms with Gasteiger partial charge < -0.3 is 0 Å². The summed E-state index contributed by atoms with van der Waals surface area (Å²) in [6.07, 6.45) is 3.27. The smallest absolute Gasteiger partial charge is 0.165 e. The summed E-state index contributed by atoms with van der Waals surface area (Å²) in [5.74, 6) is 0. The summed E-state index contributed by atoms with van der Waals surface area (Å²) in [7, 11) is -3.16. The van der Waals surface area contributed by atoms with E-state index >= 15 is 0 Å². The molecule has 1 aliphatic heterocycles. The average Bonchev–Trinajstić information content (AvgIpc) is 1.86. The third-order valence-electron chi connectivity index (χ3n) is 1.90. The van der Waals surface area contributed by atoms with Gasteiger partial charge in [0.15, 0.2) is 9.84 Å². The maximum atomic E-state index is 11.0. The van der Waals surface area contributed by atoms with E-state index in [2.05, 4.69) is 0 Å². The van der Waals surface area contributed by atoms with Crippen molar-refractivity contribution in [1.82, 2.24) is 5.06 Å². The molecule has 5 heteroatoms. The Morgan fingerprint density at radius 3 is 2.36 bits per heavy atom. The largest absolute Gasteiger partial charge is 0.227 e. The molecule has 0 spiro atoms. The third-order valence-corrected chi connectivity index (χ3v) is 3.35. The Morgan fingerprint density at radius 1 is 1.36 bits per heavy atom. The molecule has 0 amide bonds. The van der Waals surface area contributed by atoms with E-state index in [9.17, 15) is 13.6 Å². The van der Waals surface area contributed by atoms with Crippen molar-refractivity contribution in [1.29, 1.82) is 0 Å². The molecule has 0 bridgehead atoms. The van der Waals surface area contributed by atoms with Crippen molar-refractivity contribution in [3.05, 3.63) is 0 Å². The molecular formula is C6H12NO3S. The monoisotopic (exact) mass is 178 g/mol. The van der Waals surface area contributed by atoms with Crippen LogP contribution in [0.15, 0.2) is 0 Å². The van der Waals surface area contributed by atoms with E-state index in [4.69, 9.17) is 0 Å². The van der Waals surface area contributed by atoms with Crippen LogP contribution >= 0.6 is 0 Å². The molecule has 0 N–H and O–H groups in total. The summed E-state index contributed by atoms with van der Waals surface area (Å²) in [5.41, 5.74) is 0. The van der Waals surface area contributed by atoms with Gasteiger partial charge in [-0.2, -0.15) is 0 Å². The molecule has 1 aliphatic rings. The maximum absolute atomic E-state index is 11.0. The number of nitrogens with zero attached hydrogens (tertiary/aromatic N) is 1. The Morgan fingerprint density at radius 2 is 2.00 bits per heavy atom. The molecule has 11 heavy (non-hydrogen) atoms. The van der Waals surface area contributed by atoms with Crippen molar-refractivity contribution in [2.45, 2.75) is 24.6 Å². The average molecular weight is 178 g/mol. The molecule has 1 fully saturated rings. The predicted octanol–water partition coefficient (Wildman–Crippen LogP) is 0.189. The predicted molar refractivity (Wildman–Crippen MR) is 39.9 cm³/mol.